The first kappa shape index (κ1) is 17.0. The van der Waals surface area contributed by atoms with Crippen molar-refractivity contribution in [2.24, 2.45) is 0 Å². The van der Waals surface area contributed by atoms with E-state index in [0.29, 0.717) is 5.92 Å². The normalized spacial score (nSPS) is 15.8. The fraction of sp³-hybridized carbons (Fsp3) is 0.562. The van der Waals surface area contributed by atoms with E-state index in [2.05, 4.69) is 22.8 Å². The van der Waals surface area contributed by atoms with Gasteiger partial charge in [0.15, 0.2) is 0 Å². The summed E-state index contributed by atoms with van der Waals surface area (Å²) in [4.78, 5) is 12.0. The van der Waals surface area contributed by atoms with Gasteiger partial charge in [-0.25, -0.2) is 0 Å². The highest BCUT2D eigenvalue weighted by Gasteiger charge is 2.17. The lowest BCUT2D eigenvalue weighted by molar-refractivity contribution is 0.0942. The molecule has 1 aliphatic heterocycles. The van der Waals surface area contributed by atoms with Crippen LogP contribution in [0, 0.1) is 6.92 Å². The van der Waals surface area contributed by atoms with Gasteiger partial charge >= 0.3 is 0 Å². The number of carbonyl (C=O) groups excluding carboxylic acids is 1. The zero-order chi connectivity index (χ0) is 13.8. The van der Waals surface area contributed by atoms with Crippen molar-refractivity contribution in [2.75, 3.05) is 13.1 Å². The third-order valence-corrected chi connectivity index (χ3v) is 3.73. The number of benzene rings is 1. The second-order valence-corrected chi connectivity index (χ2v) is 5.73. The van der Waals surface area contributed by atoms with Crippen molar-refractivity contribution in [2.45, 2.75) is 45.6 Å². The Morgan fingerprint density at radius 1 is 1.30 bits per heavy atom. The molecule has 2 rings (SSSR count). The number of hydrogen-bond donors (Lipinski definition) is 2. The van der Waals surface area contributed by atoms with Gasteiger partial charge in [0.05, 0.1) is 0 Å². The van der Waals surface area contributed by atoms with Gasteiger partial charge in [-0.2, -0.15) is 0 Å². The molecular weight excluding hydrogens is 272 g/mol. The monoisotopic (exact) mass is 296 g/mol. The number of aryl methyl sites for hydroxylation is 1. The van der Waals surface area contributed by atoms with Crippen LogP contribution in [0.15, 0.2) is 18.2 Å². The molecule has 0 unspecified atom stereocenters. The number of nitrogens with one attached hydrogen (secondary N) is 2. The fourth-order valence-electron chi connectivity index (χ4n) is 2.69. The van der Waals surface area contributed by atoms with Crippen LogP contribution in [0.2, 0.25) is 0 Å². The van der Waals surface area contributed by atoms with Crippen LogP contribution in [0.3, 0.4) is 0 Å². The maximum Gasteiger partial charge on any atom is 0.251 e. The molecule has 0 aliphatic carbocycles. The van der Waals surface area contributed by atoms with E-state index in [1.54, 1.807) is 0 Å². The van der Waals surface area contributed by atoms with E-state index >= 15 is 0 Å². The summed E-state index contributed by atoms with van der Waals surface area (Å²) >= 11 is 0. The SMILES string of the molecule is Cc1cc(C2CCNCC2)ccc1C(=O)NC(C)C.Cl. The molecule has 0 atom stereocenters. The van der Waals surface area contributed by atoms with Gasteiger partial charge in [-0.1, -0.05) is 12.1 Å². The van der Waals surface area contributed by atoms with Crippen molar-refractivity contribution in [3.05, 3.63) is 34.9 Å². The first-order valence-electron chi connectivity index (χ1n) is 7.20. The van der Waals surface area contributed by atoms with Gasteiger partial charge in [0, 0.05) is 11.6 Å². The molecule has 2 N–H and O–H groups in total. The zero-order valence-electron chi connectivity index (χ0n) is 12.5. The Morgan fingerprint density at radius 2 is 1.95 bits per heavy atom. The van der Waals surface area contributed by atoms with Crippen LogP contribution in [0.4, 0.5) is 0 Å². The van der Waals surface area contributed by atoms with Gasteiger partial charge in [-0.15, -0.1) is 12.4 Å². The average molecular weight is 297 g/mol. The predicted octanol–water partition coefficient (Wildman–Crippen LogP) is 3.02. The van der Waals surface area contributed by atoms with Gasteiger partial charge in [0.2, 0.25) is 0 Å². The standard InChI is InChI=1S/C16H24N2O.ClH/c1-11(2)18-16(19)15-5-4-14(10-12(15)3)13-6-8-17-9-7-13;/h4-5,10-11,13,17H,6-9H2,1-3H3,(H,18,19);1H. The van der Waals surface area contributed by atoms with Gasteiger partial charge in [0.1, 0.15) is 0 Å². The summed E-state index contributed by atoms with van der Waals surface area (Å²) in [5.41, 5.74) is 3.25. The largest absolute Gasteiger partial charge is 0.350 e. The zero-order valence-corrected chi connectivity index (χ0v) is 13.3. The molecule has 1 saturated heterocycles. The van der Waals surface area contributed by atoms with Crippen LogP contribution in [0.25, 0.3) is 0 Å². The summed E-state index contributed by atoms with van der Waals surface area (Å²) in [6.45, 7) is 8.19. The van der Waals surface area contributed by atoms with Crippen molar-refractivity contribution in [1.29, 1.82) is 0 Å². The molecular formula is C16H25ClN2O. The van der Waals surface area contributed by atoms with Crippen LogP contribution in [-0.4, -0.2) is 25.0 Å². The molecule has 0 aromatic heterocycles. The highest BCUT2D eigenvalue weighted by Crippen LogP contribution is 2.26. The van der Waals surface area contributed by atoms with Crippen LogP contribution in [0.5, 0.6) is 0 Å². The minimum Gasteiger partial charge on any atom is -0.350 e. The Morgan fingerprint density at radius 3 is 2.50 bits per heavy atom. The molecule has 0 spiro atoms. The van der Waals surface area contributed by atoms with Crippen molar-refractivity contribution < 1.29 is 4.79 Å². The molecule has 0 radical (unpaired) electrons. The Hall–Kier alpha value is -1.06. The summed E-state index contributed by atoms with van der Waals surface area (Å²) in [5, 5.41) is 6.34. The Kier molecular flexibility index (Phi) is 6.50. The van der Waals surface area contributed by atoms with E-state index < -0.39 is 0 Å². The van der Waals surface area contributed by atoms with Gasteiger partial charge in [-0.3, -0.25) is 4.79 Å². The lowest BCUT2D eigenvalue weighted by atomic mass is 9.88. The number of halogens is 1. The van der Waals surface area contributed by atoms with Gasteiger partial charge < -0.3 is 10.6 Å². The van der Waals surface area contributed by atoms with Gasteiger partial charge in [-0.05, 0) is 69.8 Å². The third kappa shape index (κ3) is 4.22. The first-order chi connectivity index (χ1) is 9.08. The van der Waals surface area contributed by atoms with Crippen LogP contribution in [0.1, 0.15) is 54.1 Å². The van der Waals surface area contributed by atoms with E-state index in [1.807, 2.05) is 26.8 Å². The maximum absolute atomic E-state index is 12.0. The number of piperidine rings is 1. The van der Waals surface area contributed by atoms with Crippen molar-refractivity contribution >= 4 is 18.3 Å². The molecule has 4 heteroatoms. The van der Waals surface area contributed by atoms with Crippen LogP contribution >= 0.6 is 12.4 Å². The molecule has 0 saturated carbocycles. The van der Waals surface area contributed by atoms with Crippen LogP contribution < -0.4 is 10.6 Å². The molecule has 1 fully saturated rings. The Balaban J connectivity index is 0.00000200. The molecule has 1 heterocycles. The Labute approximate surface area is 127 Å². The Bertz CT molecular complexity index is 454. The lowest BCUT2D eigenvalue weighted by Gasteiger charge is -2.23. The molecule has 112 valence electrons. The number of amides is 1. The van der Waals surface area contributed by atoms with E-state index in [1.165, 1.54) is 18.4 Å². The molecule has 1 aromatic rings. The second-order valence-electron chi connectivity index (χ2n) is 5.73. The molecule has 1 aromatic carbocycles. The highest BCUT2D eigenvalue weighted by atomic mass is 35.5. The van der Waals surface area contributed by atoms with E-state index in [9.17, 15) is 4.79 Å². The summed E-state index contributed by atoms with van der Waals surface area (Å²) in [5.74, 6) is 0.673. The predicted molar refractivity (Wildman–Crippen MR) is 85.9 cm³/mol. The molecule has 1 amide bonds. The number of rotatable bonds is 3. The quantitative estimate of drug-likeness (QED) is 0.900. The topological polar surface area (TPSA) is 41.1 Å². The lowest BCUT2D eigenvalue weighted by Crippen LogP contribution is -2.30. The first-order valence-corrected chi connectivity index (χ1v) is 7.20. The van der Waals surface area contributed by atoms with Crippen LogP contribution in [-0.2, 0) is 0 Å². The fourth-order valence-corrected chi connectivity index (χ4v) is 2.69. The summed E-state index contributed by atoms with van der Waals surface area (Å²) in [6, 6.07) is 6.46. The maximum atomic E-state index is 12.0. The molecule has 0 bridgehead atoms. The van der Waals surface area contributed by atoms with Crippen molar-refractivity contribution in [1.82, 2.24) is 10.6 Å². The molecule has 3 nitrogen and oxygen atoms in total. The summed E-state index contributed by atoms with van der Waals surface area (Å²) < 4.78 is 0. The highest BCUT2D eigenvalue weighted by molar-refractivity contribution is 5.95. The smallest absolute Gasteiger partial charge is 0.251 e. The number of hydrogen-bond acceptors (Lipinski definition) is 2. The van der Waals surface area contributed by atoms with E-state index in [4.69, 9.17) is 0 Å². The number of carbonyl (C=O) groups is 1. The van der Waals surface area contributed by atoms with Crippen molar-refractivity contribution in [3.8, 4) is 0 Å². The average Bonchev–Trinajstić information content (AvgIpc) is 2.38. The summed E-state index contributed by atoms with van der Waals surface area (Å²) in [6.07, 6.45) is 2.38. The van der Waals surface area contributed by atoms with Crippen molar-refractivity contribution in [3.63, 3.8) is 0 Å². The molecule has 20 heavy (non-hydrogen) atoms. The summed E-state index contributed by atoms with van der Waals surface area (Å²) in [7, 11) is 0. The van der Waals surface area contributed by atoms with E-state index in [-0.39, 0.29) is 24.4 Å². The second kappa shape index (κ2) is 7.65. The van der Waals surface area contributed by atoms with E-state index in [0.717, 1.165) is 24.2 Å². The minimum absolute atomic E-state index is 0. The minimum atomic E-state index is 0. The third-order valence-electron chi connectivity index (χ3n) is 3.73. The molecule has 1 aliphatic rings. The van der Waals surface area contributed by atoms with Gasteiger partial charge in [0.25, 0.3) is 5.91 Å².